The van der Waals surface area contributed by atoms with Crippen LogP contribution in [0.1, 0.15) is 48.5 Å². The molecule has 1 unspecified atom stereocenters. The van der Waals surface area contributed by atoms with Crippen LogP contribution in [0.5, 0.6) is 0 Å². The van der Waals surface area contributed by atoms with Crippen LogP contribution in [0.4, 0.5) is 5.95 Å². The Morgan fingerprint density at radius 2 is 1.71 bits per heavy atom. The summed E-state index contributed by atoms with van der Waals surface area (Å²) in [6, 6.07) is 18.6. The van der Waals surface area contributed by atoms with E-state index in [1.54, 1.807) is 0 Å². The van der Waals surface area contributed by atoms with Gasteiger partial charge < -0.3 is 14.8 Å². The topological polar surface area (TPSA) is 50.2 Å². The molecule has 5 nitrogen and oxygen atoms in total. The van der Waals surface area contributed by atoms with Crippen LogP contribution < -0.4 is 10.2 Å². The molecule has 1 aliphatic carbocycles. The second-order valence-electron chi connectivity index (χ2n) is 7.98. The highest BCUT2D eigenvalue weighted by Crippen LogP contribution is 2.37. The van der Waals surface area contributed by atoms with Gasteiger partial charge >= 0.3 is 0 Å². The lowest BCUT2D eigenvalue weighted by Crippen LogP contribution is -2.37. The maximum absolute atomic E-state index is 12.5. The van der Waals surface area contributed by atoms with Crippen molar-refractivity contribution in [2.45, 2.75) is 44.2 Å². The monoisotopic (exact) mass is 374 g/mol. The van der Waals surface area contributed by atoms with Crippen LogP contribution in [0.15, 0.2) is 54.6 Å². The zero-order chi connectivity index (χ0) is 18.9. The van der Waals surface area contributed by atoms with Crippen molar-refractivity contribution in [2.75, 3.05) is 18.0 Å². The first-order chi connectivity index (χ1) is 13.8. The minimum Gasteiger partial charge on any atom is -0.347 e. The number of hydrogen-bond acceptors (Lipinski definition) is 3. The first kappa shape index (κ1) is 17.3. The second kappa shape index (κ2) is 7.30. The van der Waals surface area contributed by atoms with Crippen molar-refractivity contribution in [2.24, 2.45) is 0 Å². The minimum absolute atomic E-state index is 0.0109. The number of anilines is 1. The summed E-state index contributed by atoms with van der Waals surface area (Å²) in [4.78, 5) is 19.9. The number of carbonyl (C=O) groups is 1. The van der Waals surface area contributed by atoms with Gasteiger partial charge in [-0.2, -0.15) is 0 Å². The van der Waals surface area contributed by atoms with Crippen LogP contribution in [-0.4, -0.2) is 34.6 Å². The highest BCUT2D eigenvalue weighted by atomic mass is 16.1. The molecule has 144 valence electrons. The lowest BCUT2D eigenvalue weighted by Gasteiger charge is -2.23. The van der Waals surface area contributed by atoms with Crippen LogP contribution in [-0.2, 0) is 0 Å². The molecule has 2 heterocycles. The highest BCUT2D eigenvalue weighted by molar-refractivity contribution is 5.94. The lowest BCUT2D eigenvalue weighted by molar-refractivity contribution is 0.0940. The first-order valence-electron chi connectivity index (χ1n) is 10.4. The normalized spacial score (nSPS) is 20.1. The van der Waals surface area contributed by atoms with Crippen LogP contribution in [0, 0.1) is 0 Å². The van der Waals surface area contributed by atoms with E-state index >= 15 is 0 Å². The number of aromatic nitrogens is 2. The number of rotatable bonds is 4. The fourth-order valence-electron chi connectivity index (χ4n) is 4.70. The molecule has 1 atom stereocenters. The number of nitrogens with zero attached hydrogens (tertiary/aromatic N) is 3. The Kier molecular flexibility index (Phi) is 4.51. The van der Waals surface area contributed by atoms with E-state index in [-0.39, 0.29) is 11.9 Å². The maximum Gasteiger partial charge on any atom is 0.251 e. The molecule has 0 bridgehead atoms. The molecule has 2 fully saturated rings. The summed E-state index contributed by atoms with van der Waals surface area (Å²) >= 11 is 0. The van der Waals surface area contributed by atoms with E-state index in [1.165, 1.54) is 31.2 Å². The molecule has 1 amide bonds. The van der Waals surface area contributed by atoms with Gasteiger partial charge in [0.25, 0.3) is 5.91 Å². The third-order valence-electron chi connectivity index (χ3n) is 6.11. The van der Waals surface area contributed by atoms with Crippen molar-refractivity contribution < 1.29 is 4.79 Å². The number of hydrogen-bond donors (Lipinski definition) is 1. The summed E-state index contributed by atoms with van der Waals surface area (Å²) in [7, 11) is 0. The molecule has 3 aromatic rings. The van der Waals surface area contributed by atoms with Gasteiger partial charge in [0, 0.05) is 30.7 Å². The quantitative estimate of drug-likeness (QED) is 0.746. The molecular formula is C23H26N4O. The first-order valence-corrected chi connectivity index (χ1v) is 10.4. The average Bonchev–Trinajstić information content (AvgIpc) is 3.47. The van der Waals surface area contributed by atoms with E-state index in [0.717, 1.165) is 36.5 Å². The third kappa shape index (κ3) is 3.15. The van der Waals surface area contributed by atoms with Gasteiger partial charge in [0.2, 0.25) is 5.95 Å². The van der Waals surface area contributed by atoms with Crippen molar-refractivity contribution in [3.8, 4) is 0 Å². The zero-order valence-electron chi connectivity index (χ0n) is 16.1. The molecule has 1 saturated carbocycles. The summed E-state index contributed by atoms with van der Waals surface area (Å²) in [5.41, 5.74) is 3.03. The minimum atomic E-state index is 0.0109. The standard InChI is InChI=1S/C23H26N4O/c28-22(17-8-2-1-3-9-17)24-18-14-15-26(16-18)23-25-20-12-6-7-13-21(20)27(23)19-10-4-5-11-19/h1-3,6-9,12-13,18-19H,4-5,10-11,14-16H2,(H,24,28). The molecule has 0 radical (unpaired) electrons. The molecule has 1 aliphatic heterocycles. The van der Waals surface area contributed by atoms with Gasteiger partial charge in [-0.3, -0.25) is 4.79 Å². The van der Waals surface area contributed by atoms with Gasteiger partial charge in [0.1, 0.15) is 0 Å². The van der Waals surface area contributed by atoms with Crippen molar-refractivity contribution in [1.29, 1.82) is 0 Å². The molecule has 28 heavy (non-hydrogen) atoms. The molecule has 5 rings (SSSR count). The molecule has 1 aromatic heterocycles. The number of carbonyl (C=O) groups excluding carboxylic acids is 1. The van der Waals surface area contributed by atoms with Gasteiger partial charge in [0.15, 0.2) is 0 Å². The summed E-state index contributed by atoms with van der Waals surface area (Å²) in [6.07, 6.45) is 6.01. The van der Waals surface area contributed by atoms with E-state index in [0.29, 0.717) is 6.04 Å². The molecular weight excluding hydrogens is 348 g/mol. The molecule has 2 aliphatic rings. The lowest BCUT2D eigenvalue weighted by atomic mass is 10.2. The van der Waals surface area contributed by atoms with Crippen molar-refractivity contribution in [1.82, 2.24) is 14.9 Å². The van der Waals surface area contributed by atoms with Gasteiger partial charge in [-0.05, 0) is 43.5 Å². The molecule has 1 saturated heterocycles. The molecule has 0 spiro atoms. The average molecular weight is 374 g/mol. The summed E-state index contributed by atoms with van der Waals surface area (Å²) in [5, 5.41) is 3.20. The van der Waals surface area contributed by atoms with Crippen molar-refractivity contribution in [3.05, 3.63) is 60.2 Å². The molecule has 1 N–H and O–H groups in total. The van der Waals surface area contributed by atoms with Gasteiger partial charge in [0.05, 0.1) is 11.0 Å². The Morgan fingerprint density at radius 1 is 0.964 bits per heavy atom. The van der Waals surface area contributed by atoms with E-state index in [2.05, 4.69) is 39.0 Å². The van der Waals surface area contributed by atoms with Gasteiger partial charge in [-0.25, -0.2) is 4.98 Å². The predicted octanol–water partition coefficient (Wildman–Crippen LogP) is 4.16. The van der Waals surface area contributed by atoms with E-state index in [9.17, 15) is 4.79 Å². The molecule has 2 aromatic carbocycles. The number of amides is 1. The Labute approximate surface area is 165 Å². The number of benzene rings is 2. The summed E-state index contributed by atoms with van der Waals surface area (Å²) in [5.74, 6) is 1.08. The van der Waals surface area contributed by atoms with E-state index in [4.69, 9.17) is 4.98 Å². The van der Waals surface area contributed by atoms with E-state index < -0.39 is 0 Å². The summed E-state index contributed by atoms with van der Waals surface area (Å²) < 4.78 is 2.46. The number of imidazole rings is 1. The largest absolute Gasteiger partial charge is 0.347 e. The van der Waals surface area contributed by atoms with Crippen LogP contribution in [0.3, 0.4) is 0 Å². The predicted molar refractivity (Wildman–Crippen MR) is 112 cm³/mol. The highest BCUT2D eigenvalue weighted by Gasteiger charge is 2.30. The number of nitrogens with one attached hydrogen (secondary N) is 1. The Balaban J connectivity index is 1.38. The van der Waals surface area contributed by atoms with Crippen molar-refractivity contribution in [3.63, 3.8) is 0 Å². The van der Waals surface area contributed by atoms with Crippen molar-refractivity contribution >= 4 is 22.9 Å². The van der Waals surface area contributed by atoms with Gasteiger partial charge in [-0.15, -0.1) is 0 Å². The molecule has 5 heteroatoms. The SMILES string of the molecule is O=C(NC1CCN(c2nc3ccccc3n2C2CCCC2)C1)c1ccccc1. The Morgan fingerprint density at radius 3 is 2.54 bits per heavy atom. The zero-order valence-corrected chi connectivity index (χ0v) is 16.1. The van der Waals surface area contributed by atoms with Crippen LogP contribution in [0.2, 0.25) is 0 Å². The Hall–Kier alpha value is -2.82. The number of fused-ring (bicyclic) bond motifs is 1. The fourth-order valence-corrected chi connectivity index (χ4v) is 4.70. The van der Waals surface area contributed by atoms with Crippen LogP contribution in [0.25, 0.3) is 11.0 Å². The smallest absolute Gasteiger partial charge is 0.251 e. The van der Waals surface area contributed by atoms with Gasteiger partial charge in [-0.1, -0.05) is 43.2 Å². The second-order valence-corrected chi connectivity index (χ2v) is 7.98. The number of para-hydroxylation sites is 2. The Bertz CT molecular complexity index is 975. The fraction of sp³-hybridized carbons (Fsp3) is 0.391. The summed E-state index contributed by atoms with van der Waals surface area (Å²) in [6.45, 7) is 1.74. The van der Waals surface area contributed by atoms with E-state index in [1.807, 2.05) is 30.3 Å². The maximum atomic E-state index is 12.5. The van der Waals surface area contributed by atoms with Crippen LogP contribution >= 0.6 is 0 Å². The third-order valence-corrected chi connectivity index (χ3v) is 6.11.